The third kappa shape index (κ3) is 4.52. The van der Waals surface area contributed by atoms with Crippen molar-refractivity contribution in [1.29, 1.82) is 0 Å². The summed E-state index contributed by atoms with van der Waals surface area (Å²) in [5, 5.41) is 14.3. The monoisotopic (exact) mass is 258 g/mol. The summed E-state index contributed by atoms with van der Waals surface area (Å²) in [6.07, 6.45) is 2.48. The molecule has 3 N–H and O–H groups in total. The van der Waals surface area contributed by atoms with Crippen LogP contribution in [0.15, 0.2) is 0 Å². The van der Waals surface area contributed by atoms with Crippen LogP contribution in [0.25, 0.3) is 0 Å². The van der Waals surface area contributed by atoms with Gasteiger partial charge in [0, 0.05) is 6.61 Å². The fourth-order valence-electron chi connectivity index (χ4n) is 1.91. The van der Waals surface area contributed by atoms with E-state index in [-0.39, 0.29) is 12.0 Å². The molecule has 1 saturated heterocycles. The predicted molar refractivity (Wildman–Crippen MR) is 66.4 cm³/mol. The topological polar surface area (TPSA) is 87.7 Å². The van der Waals surface area contributed by atoms with Gasteiger partial charge in [-0.05, 0) is 18.8 Å². The number of carboxylic acids is 1. The van der Waals surface area contributed by atoms with E-state index in [9.17, 15) is 9.59 Å². The van der Waals surface area contributed by atoms with Crippen LogP contribution in [-0.4, -0.2) is 42.4 Å². The van der Waals surface area contributed by atoms with Gasteiger partial charge in [0.25, 0.3) is 0 Å². The lowest BCUT2D eigenvalue weighted by molar-refractivity contribution is -0.140. The summed E-state index contributed by atoms with van der Waals surface area (Å²) in [5.41, 5.74) is 0. The number of ether oxygens (including phenoxy) is 1. The van der Waals surface area contributed by atoms with Crippen molar-refractivity contribution < 1.29 is 19.4 Å². The van der Waals surface area contributed by atoms with Gasteiger partial charge in [-0.15, -0.1) is 0 Å². The Kier molecular flexibility index (Phi) is 5.91. The highest BCUT2D eigenvalue weighted by Crippen LogP contribution is 2.09. The molecule has 3 atom stereocenters. The van der Waals surface area contributed by atoms with E-state index >= 15 is 0 Å². The van der Waals surface area contributed by atoms with E-state index in [4.69, 9.17) is 9.84 Å². The van der Waals surface area contributed by atoms with Crippen molar-refractivity contribution in [2.24, 2.45) is 5.92 Å². The number of carbonyl (C=O) groups is 2. The Morgan fingerprint density at radius 1 is 1.50 bits per heavy atom. The number of carboxylic acid groups (broad SMARTS) is 1. The zero-order valence-electron chi connectivity index (χ0n) is 10.9. The molecule has 0 aliphatic carbocycles. The predicted octanol–water partition coefficient (Wildman–Crippen LogP) is 0.964. The van der Waals surface area contributed by atoms with Crippen LogP contribution in [0.5, 0.6) is 0 Å². The molecular formula is C12H22N2O4. The van der Waals surface area contributed by atoms with Crippen LogP contribution >= 0.6 is 0 Å². The molecular weight excluding hydrogens is 236 g/mol. The number of nitrogens with one attached hydrogen (secondary N) is 2. The molecule has 0 aromatic rings. The summed E-state index contributed by atoms with van der Waals surface area (Å²) in [5.74, 6) is -1.10. The average Bonchev–Trinajstić information content (AvgIpc) is 2.36. The lowest BCUT2D eigenvalue weighted by Gasteiger charge is -2.25. The maximum atomic E-state index is 11.7. The summed E-state index contributed by atoms with van der Waals surface area (Å²) in [6, 6.07) is -1.30. The van der Waals surface area contributed by atoms with Crippen molar-refractivity contribution in [2.45, 2.75) is 45.2 Å². The Balaban J connectivity index is 2.42. The van der Waals surface area contributed by atoms with Gasteiger partial charge in [-0.2, -0.15) is 0 Å². The van der Waals surface area contributed by atoms with Gasteiger partial charge in [0.15, 0.2) is 0 Å². The standard InChI is InChI=1S/C12H22N2O4/c1-3-8(2)10(11(15)16)14-12(17)13-9-5-4-6-18-7-9/h8-10H,3-7H2,1-2H3,(H,15,16)(H2,13,14,17)/t8?,9?,10-/m0/s1. The number of hydrogen-bond donors (Lipinski definition) is 3. The van der Waals surface area contributed by atoms with Crippen molar-refractivity contribution in [1.82, 2.24) is 10.6 Å². The number of aliphatic carboxylic acids is 1. The summed E-state index contributed by atoms with van der Waals surface area (Å²) < 4.78 is 5.25. The molecule has 0 radical (unpaired) electrons. The van der Waals surface area contributed by atoms with Gasteiger partial charge in [0.05, 0.1) is 12.6 Å². The van der Waals surface area contributed by atoms with Crippen LogP contribution in [-0.2, 0) is 9.53 Å². The van der Waals surface area contributed by atoms with Gasteiger partial charge in [-0.3, -0.25) is 0 Å². The largest absolute Gasteiger partial charge is 0.480 e. The zero-order chi connectivity index (χ0) is 13.5. The SMILES string of the molecule is CCC(C)[C@H](NC(=O)NC1CCCOC1)C(=O)O. The first-order chi connectivity index (χ1) is 8.54. The minimum absolute atomic E-state index is 0.0230. The maximum absolute atomic E-state index is 11.7. The molecule has 18 heavy (non-hydrogen) atoms. The molecule has 1 aliphatic heterocycles. The van der Waals surface area contributed by atoms with Crippen molar-refractivity contribution in [2.75, 3.05) is 13.2 Å². The van der Waals surface area contributed by atoms with E-state index in [2.05, 4.69) is 10.6 Å². The second-order valence-corrected chi connectivity index (χ2v) is 4.73. The van der Waals surface area contributed by atoms with Crippen molar-refractivity contribution in [3.63, 3.8) is 0 Å². The van der Waals surface area contributed by atoms with E-state index in [1.165, 1.54) is 0 Å². The average molecular weight is 258 g/mol. The Morgan fingerprint density at radius 3 is 2.72 bits per heavy atom. The molecule has 2 amide bonds. The zero-order valence-corrected chi connectivity index (χ0v) is 10.9. The Bertz CT molecular complexity index is 290. The Hall–Kier alpha value is -1.30. The highest BCUT2D eigenvalue weighted by Gasteiger charge is 2.26. The number of rotatable bonds is 5. The van der Waals surface area contributed by atoms with Crippen LogP contribution in [0, 0.1) is 5.92 Å². The summed E-state index contributed by atoms with van der Waals surface area (Å²) in [6.45, 7) is 4.93. The maximum Gasteiger partial charge on any atom is 0.326 e. The van der Waals surface area contributed by atoms with Gasteiger partial charge in [0.1, 0.15) is 6.04 Å². The molecule has 1 rings (SSSR count). The normalized spacial score (nSPS) is 22.9. The third-order valence-corrected chi connectivity index (χ3v) is 3.26. The molecule has 0 aromatic heterocycles. The van der Waals surface area contributed by atoms with Crippen LogP contribution in [0.4, 0.5) is 4.79 Å². The van der Waals surface area contributed by atoms with Gasteiger partial charge >= 0.3 is 12.0 Å². The summed E-state index contributed by atoms with van der Waals surface area (Å²) in [4.78, 5) is 22.8. The van der Waals surface area contributed by atoms with E-state index < -0.39 is 18.0 Å². The molecule has 0 spiro atoms. The third-order valence-electron chi connectivity index (χ3n) is 3.26. The minimum Gasteiger partial charge on any atom is -0.480 e. The molecule has 0 aromatic carbocycles. The fraction of sp³-hybridized carbons (Fsp3) is 0.833. The number of hydrogen-bond acceptors (Lipinski definition) is 3. The number of carbonyl (C=O) groups excluding carboxylic acids is 1. The van der Waals surface area contributed by atoms with Crippen LogP contribution in [0.2, 0.25) is 0 Å². The quantitative estimate of drug-likeness (QED) is 0.685. The second-order valence-electron chi connectivity index (χ2n) is 4.73. The first-order valence-corrected chi connectivity index (χ1v) is 6.42. The molecule has 6 nitrogen and oxygen atoms in total. The lowest BCUT2D eigenvalue weighted by Crippen LogP contribution is -2.52. The first kappa shape index (κ1) is 14.8. The molecule has 1 aliphatic rings. The molecule has 1 fully saturated rings. The molecule has 2 unspecified atom stereocenters. The van der Waals surface area contributed by atoms with Crippen LogP contribution in [0.1, 0.15) is 33.1 Å². The van der Waals surface area contributed by atoms with E-state index in [1.807, 2.05) is 13.8 Å². The molecule has 0 bridgehead atoms. The van der Waals surface area contributed by atoms with Crippen molar-refractivity contribution in [3.05, 3.63) is 0 Å². The van der Waals surface area contributed by atoms with Gasteiger partial charge in [-0.1, -0.05) is 20.3 Å². The molecule has 6 heteroatoms. The summed E-state index contributed by atoms with van der Waals surface area (Å²) >= 11 is 0. The van der Waals surface area contributed by atoms with E-state index in [0.717, 1.165) is 19.4 Å². The van der Waals surface area contributed by atoms with E-state index in [0.29, 0.717) is 13.0 Å². The summed E-state index contributed by atoms with van der Waals surface area (Å²) in [7, 11) is 0. The lowest BCUT2D eigenvalue weighted by atomic mass is 9.99. The molecule has 0 saturated carbocycles. The van der Waals surface area contributed by atoms with Gasteiger partial charge in [0.2, 0.25) is 0 Å². The van der Waals surface area contributed by atoms with Crippen molar-refractivity contribution >= 4 is 12.0 Å². The van der Waals surface area contributed by atoms with Gasteiger partial charge < -0.3 is 20.5 Å². The molecule has 1 heterocycles. The number of amides is 2. The highest BCUT2D eigenvalue weighted by atomic mass is 16.5. The minimum atomic E-state index is -1.00. The Morgan fingerprint density at radius 2 is 2.22 bits per heavy atom. The van der Waals surface area contributed by atoms with E-state index in [1.54, 1.807) is 0 Å². The van der Waals surface area contributed by atoms with Crippen LogP contribution < -0.4 is 10.6 Å². The van der Waals surface area contributed by atoms with Crippen molar-refractivity contribution in [3.8, 4) is 0 Å². The highest BCUT2D eigenvalue weighted by molar-refractivity contribution is 5.82. The second kappa shape index (κ2) is 7.20. The fourth-order valence-corrected chi connectivity index (χ4v) is 1.91. The Labute approximate surface area is 107 Å². The van der Waals surface area contributed by atoms with Gasteiger partial charge in [-0.25, -0.2) is 9.59 Å². The number of urea groups is 1. The smallest absolute Gasteiger partial charge is 0.326 e. The van der Waals surface area contributed by atoms with Crippen LogP contribution in [0.3, 0.4) is 0 Å². The first-order valence-electron chi connectivity index (χ1n) is 6.42. The molecule has 104 valence electrons.